The van der Waals surface area contributed by atoms with Crippen LogP contribution in [0.2, 0.25) is 0 Å². The van der Waals surface area contributed by atoms with Crippen molar-refractivity contribution in [1.82, 2.24) is 0 Å². The molecule has 0 fully saturated rings. The van der Waals surface area contributed by atoms with E-state index in [1.807, 2.05) is 30.3 Å². The van der Waals surface area contributed by atoms with Crippen LogP contribution in [0.4, 0.5) is 11.4 Å². The van der Waals surface area contributed by atoms with Crippen molar-refractivity contribution >= 4 is 39.2 Å². The number of nitrogens with one attached hydrogen (secondary N) is 1. The van der Waals surface area contributed by atoms with Crippen molar-refractivity contribution in [1.29, 1.82) is 0 Å². The Hall–Kier alpha value is -3.87. The summed E-state index contributed by atoms with van der Waals surface area (Å²) in [5.41, 5.74) is 2.52. The molecule has 142 valence electrons. The second kappa shape index (κ2) is 7.03. The fourth-order valence-corrected chi connectivity index (χ4v) is 3.03. The lowest BCUT2D eigenvalue weighted by atomic mass is 10.1. The molecular formula is C21H18N2O5. The lowest BCUT2D eigenvalue weighted by molar-refractivity contribution is -0.385. The molecule has 28 heavy (non-hydrogen) atoms. The number of ether oxygens (including phenoxy) is 1. The highest BCUT2D eigenvalue weighted by Gasteiger charge is 2.13. The van der Waals surface area contributed by atoms with Crippen molar-refractivity contribution in [2.24, 2.45) is 0 Å². The van der Waals surface area contributed by atoms with Crippen molar-refractivity contribution < 1.29 is 20.3 Å². The summed E-state index contributed by atoms with van der Waals surface area (Å²) >= 11 is 0. The number of para-hydroxylation sites is 1. The van der Waals surface area contributed by atoms with Crippen molar-refractivity contribution in [3.63, 3.8) is 0 Å². The number of rotatable bonds is 5. The zero-order chi connectivity index (χ0) is 19.7. The molecule has 0 spiro atoms. The van der Waals surface area contributed by atoms with Crippen LogP contribution in [0.5, 0.6) is 5.75 Å². The van der Waals surface area contributed by atoms with Gasteiger partial charge in [0.15, 0.2) is 6.61 Å². The van der Waals surface area contributed by atoms with Crippen LogP contribution in [-0.4, -0.2) is 17.4 Å². The predicted molar refractivity (Wildman–Crippen MR) is 108 cm³/mol. The smallest absolute Gasteiger partial charge is 0.276 e. The number of hydrogen-bond donors (Lipinski definition) is 1. The molecule has 0 saturated heterocycles. The third-order valence-electron chi connectivity index (χ3n) is 4.41. The number of benzene rings is 3. The summed E-state index contributed by atoms with van der Waals surface area (Å²) in [6.45, 7) is 1.38. The Morgan fingerprint density at radius 2 is 1.89 bits per heavy atom. The average molecular weight is 378 g/mol. The molecule has 3 aromatic carbocycles. The summed E-state index contributed by atoms with van der Waals surface area (Å²) in [5, 5.41) is 15.7. The Morgan fingerprint density at radius 3 is 2.71 bits per heavy atom. The van der Waals surface area contributed by atoms with Crippen LogP contribution in [-0.2, 0) is 4.79 Å². The van der Waals surface area contributed by atoms with Gasteiger partial charge in [-0.05, 0) is 37.3 Å². The number of carbonyl (C=O) groups is 1. The van der Waals surface area contributed by atoms with Gasteiger partial charge in [-0.2, -0.15) is 0 Å². The van der Waals surface area contributed by atoms with Crippen molar-refractivity contribution in [2.75, 3.05) is 11.9 Å². The number of nitrogens with zero attached hydrogens (tertiary/aromatic N) is 1. The number of fused-ring (bicyclic) bond motifs is 3. The summed E-state index contributed by atoms with van der Waals surface area (Å²) in [4.78, 5) is 22.7. The van der Waals surface area contributed by atoms with E-state index in [0.29, 0.717) is 16.8 Å². The van der Waals surface area contributed by atoms with Gasteiger partial charge >= 0.3 is 0 Å². The number of furan rings is 1. The van der Waals surface area contributed by atoms with Gasteiger partial charge < -0.3 is 14.5 Å². The SMILES string of the molecule is Cc1ccc(OCC(=O)Nc2ccc3c(c2)oc2ccccc23)cc1[N+](=O)[O-].[HH]. The maximum atomic E-state index is 12.2. The molecule has 0 radical (unpaired) electrons. The van der Waals surface area contributed by atoms with Crippen LogP contribution >= 0.6 is 0 Å². The Labute approximate surface area is 161 Å². The lowest BCUT2D eigenvalue weighted by Crippen LogP contribution is -2.20. The van der Waals surface area contributed by atoms with Crippen molar-refractivity contribution in [2.45, 2.75) is 6.92 Å². The molecule has 7 heteroatoms. The second-order valence-corrected chi connectivity index (χ2v) is 6.35. The van der Waals surface area contributed by atoms with E-state index in [9.17, 15) is 14.9 Å². The Kier molecular flexibility index (Phi) is 4.41. The number of hydrogen-bond acceptors (Lipinski definition) is 5. The minimum atomic E-state index is -0.481. The molecule has 4 rings (SSSR count). The standard InChI is InChI=1S/C21H16N2O5.H2/c1-13-6-8-15(11-18(13)23(25)26)27-12-21(24)22-14-7-9-17-16-4-2-3-5-19(16)28-20(17)10-14;/h2-11H,12H2,1H3,(H,22,24);1H. The third-order valence-corrected chi connectivity index (χ3v) is 4.41. The first kappa shape index (κ1) is 17.5. The number of nitro benzene ring substituents is 1. The molecule has 0 bridgehead atoms. The molecule has 0 aliphatic rings. The largest absolute Gasteiger partial charge is 0.484 e. The van der Waals surface area contributed by atoms with E-state index in [-0.39, 0.29) is 25.4 Å². The summed E-state index contributed by atoms with van der Waals surface area (Å²) in [5.74, 6) is -0.112. The summed E-state index contributed by atoms with van der Waals surface area (Å²) in [6, 6.07) is 17.6. The highest BCUT2D eigenvalue weighted by Crippen LogP contribution is 2.30. The van der Waals surface area contributed by atoms with Crippen LogP contribution < -0.4 is 10.1 Å². The molecular weight excluding hydrogens is 360 g/mol. The van der Waals surface area contributed by atoms with Gasteiger partial charge in [0.1, 0.15) is 16.9 Å². The van der Waals surface area contributed by atoms with E-state index in [2.05, 4.69) is 5.32 Å². The normalized spacial score (nSPS) is 10.9. The van der Waals surface area contributed by atoms with E-state index in [0.717, 1.165) is 16.4 Å². The highest BCUT2D eigenvalue weighted by molar-refractivity contribution is 6.06. The highest BCUT2D eigenvalue weighted by atomic mass is 16.6. The molecule has 1 heterocycles. The third kappa shape index (κ3) is 3.37. The van der Waals surface area contributed by atoms with Gasteiger partial charge in [0.05, 0.1) is 11.0 Å². The van der Waals surface area contributed by atoms with Crippen LogP contribution in [0.3, 0.4) is 0 Å². The van der Waals surface area contributed by atoms with Crippen molar-refractivity contribution in [3.05, 3.63) is 76.3 Å². The van der Waals surface area contributed by atoms with E-state index < -0.39 is 4.92 Å². The van der Waals surface area contributed by atoms with E-state index in [1.165, 1.54) is 6.07 Å². The first-order valence-corrected chi connectivity index (χ1v) is 8.60. The number of aryl methyl sites for hydroxylation is 1. The van der Waals surface area contributed by atoms with Gasteiger partial charge in [-0.1, -0.05) is 18.2 Å². The van der Waals surface area contributed by atoms with Crippen LogP contribution in [0.15, 0.2) is 65.1 Å². The van der Waals surface area contributed by atoms with Crippen LogP contribution in [0, 0.1) is 17.0 Å². The van der Waals surface area contributed by atoms with Crippen LogP contribution in [0.25, 0.3) is 21.9 Å². The Morgan fingerprint density at radius 1 is 1.11 bits per heavy atom. The van der Waals surface area contributed by atoms with Crippen molar-refractivity contribution in [3.8, 4) is 5.75 Å². The number of carbonyl (C=O) groups excluding carboxylic acids is 1. The topological polar surface area (TPSA) is 94.6 Å². The van der Waals surface area contributed by atoms with Gasteiger partial charge in [-0.15, -0.1) is 0 Å². The minimum Gasteiger partial charge on any atom is -0.484 e. The molecule has 1 N–H and O–H groups in total. The molecule has 0 aliphatic heterocycles. The van der Waals surface area contributed by atoms with Gasteiger partial charge in [0, 0.05) is 29.5 Å². The summed E-state index contributed by atoms with van der Waals surface area (Å²) in [6.07, 6.45) is 0. The van der Waals surface area contributed by atoms with E-state index in [1.54, 1.807) is 31.2 Å². The molecule has 1 amide bonds. The first-order valence-electron chi connectivity index (χ1n) is 8.60. The molecule has 0 aliphatic carbocycles. The minimum absolute atomic E-state index is 0. The van der Waals surface area contributed by atoms with Crippen LogP contribution in [0.1, 0.15) is 6.99 Å². The molecule has 4 aromatic rings. The quantitative estimate of drug-likeness (QED) is 0.387. The van der Waals surface area contributed by atoms with E-state index >= 15 is 0 Å². The average Bonchev–Trinajstić information content (AvgIpc) is 3.05. The van der Waals surface area contributed by atoms with Gasteiger partial charge in [-0.3, -0.25) is 14.9 Å². The fraction of sp³-hybridized carbons (Fsp3) is 0.0952. The Bertz CT molecular complexity index is 1220. The van der Waals surface area contributed by atoms with E-state index in [4.69, 9.17) is 9.15 Å². The number of nitro groups is 1. The summed E-state index contributed by atoms with van der Waals surface area (Å²) in [7, 11) is 0. The molecule has 0 unspecified atom stereocenters. The first-order chi connectivity index (χ1) is 13.5. The van der Waals surface area contributed by atoms with Gasteiger partial charge in [0.2, 0.25) is 0 Å². The zero-order valence-electron chi connectivity index (χ0n) is 15.0. The Balaban J connectivity index is 0.00000240. The maximum Gasteiger partial charge on any atom is 0.276 e. The van der Waals surface area contributed by atoms with Gasteiger partial charge in [0.25, 0.3) is 11.6 Å². The summed E-state index contributed by atoms with van der Waals surface area (Å²) < 4.78 is 11.2. The maximum absolute atomic E-state index is 12.2. The monoisotopic (exact) mass is 378 g/mol. The number of amides is 1. The zero-order valence-corrected chi connectivity index (χ0v) is 15.0. The fourth-order valence-electron chi connectivity index (χ4n) is 3.03. The second-order valence-electron chi connectivity index (χ2n) is 6.35. The number of anilines is 1. The lowest BCUT2D eigenvalue weighted by Gasteiger charge is -2.08. The molecule has 0 atom stereocenters. The predicted octanol–water partition coefficient (Wildman–Crippen LogP) is 5.07. The molecule has 1 aromatic heterocycles. The molecule has 0 saturated carbocycles. The molecule has 7 nitrogen and oxygen atoms in total. The van der Waals surface area contributed by atoms with Gasteiger partial charge in [-0.25, -0.2) is 0 Å².